The fourth-order valence-corrected chi connectivity index (χ4v) is 2.45. The lowest BCUT2D eigenvalue weighted by Crippen LogP contribution is -2.04. The Balaban J connectivity index is 2.14. The van der Waals surface area contributed by atoms with Crippen molar-refractivity contribution in [2.45, 2.75) is 6.42 Å². The van der Waals surface area contributed by atoms with Crippen LogP contribution < -0.4 is 10.1 Å². The summed E-state index contributed by atoms with van der Waals surface area (Å²) < 4.78 is 9.84. The van der Waals surface area contributed by atoms with Gasteiger partial charge in [-0.25, -0.2) is 4.98 Å². The molecule has 0 saturated heterocycles. The number of nitrogens with one attached hydrogen (secondary N) is 1. The number of anilines is 2. The number of hydrogen-bond acceptors (Lipinski definition) is 6. The average Bonchev–Trinajstić information content (AvgIpc) is 2.86. The van der Waals surface area contributed by atoms with Crippen molar-refractivity contribution in [1.82, 2.24) is 4.98 Å². The highest BCUT2D eigenvalue weighted by atomic mass is 35.5. The molecule has 0 saturated carbocycles. The molecule has 0 aliphatic heterocycles. The predicted octanol–water partition coefficient (Wildman–Crippen LogP) is 3.26. The van der Waals surface area contributed by atoms with Gasteiger partial charge in [-0.05, 0) is 18.2 Å². The molecule has 0 aliphatic rings. The number of nitrogens with zero attached hydrogens (tertiary/aromatic N) is 1. The van der Waals surface area contributed by atoms with E-state index in [0.717, 1.165) is 5.69 Å². The molecule has 20 heavy (non-hydrogen) atoms. The van der Waals surface area contributed by atoms with Gasteiger partial charge in [-0.1, -0.05) is 11.6 Å². The molecular formula is C13H13ClN2O3S. The Hall–Kier alpha value is -1.79. The highest BCUT2D eigenvalue weighted by molar-refractivity contribution is 7.13. The van der Waals surface area contributed by atoms with Crippen molar-refractivity contribution in [1.29, 1.82) is 0 Å². The van der Waals surface area contributed by atoms with Crippen LogP contribution >= 0.6 is 22.9 Å². The lowest BCUT2D eigenvalue weighted by atomic mass is 10.3. The topological polar surface area (TPSA) is 60.5 Å². The van der Waals surface area contributed by atoms with Gasteiger partial charge in [-0.15, -0.1) is 11.3 Å². The van der Waals surface area contributed by atoms with Crippen LogP contribution in [0, 0.1) is 0 Å². The van der Waals surface area contributed by atoms with Gasteiger partial charge in [0.1, 0.15) is 5.75 Å². The smallest absolute Gasteiger partial charge is 0.311 e. The van der Waals surface area contributed by atoms with Gasteiger partial charge in [0.05, 0.1) is 32.0 Å². The Morgan fingerprint density at radius 2 is 2.25 bits per heavy atom. The quantitative estimate of drug-likeness (QED) is 0.859. The molecule has 0 unspecified atom stereocenters. The SMILES string of the molecule is COC(=O)Cc1csc(Nc2cc(Cl)ccc2OC)n1. The second kappa shape index (κ2) is 6.58. The van der Waals surface area contributed by atoms with Crippen molar-refractivity contribution in [3.63, 3.8) is 0 Å². The van der Waals surface area contributed by atoms with Gasteiger partial charge in [0, 0.05) is 10.4 Å². The summed E-state index contributed by atoms with van der Waals surface area (Å²) in [6.45, 7) is 0. The minimum absolute atomic E-state index is 0.154. The van der Waals surface area contributed by atoms with Crippen LogP contribution in [0.15, 0.2) is 23.6 Å². The predicted molar refractivity (Wildman–Crippen MR) is 79.1 cm³/mol. The molecule has 0 spiro atoms. The van der Waals surface area contributed by atoms with Gasteiger partial charge >= 0.3 is 5.97 Å². The first-order valence-electron chi connectivity index (χ1n) is 5.74. The van der Waals surface area contributed by atoms with E-state index in [0.29, 0.717) is 21.6 Å². The van der Waals surface area contributed by atoms with E-state index in [-0.39, 0.29) is 12.4 Å². The summed E-state index contributed by atoms with van der Waals surface area (Å²) in [6, 6.07) is 5.27. The second-order valence-corrected chi connectivity index (χ2v) is 5.16. The maximum absolute atomic E-state index is 11.2. The first-order chi connectivity index (χ1) is 9.62. The standard InChI is InChI=1S/C13H13ClN2O3S/c1-18-11-4-3-8(14)5-10(11)16-13-15-9(7-20-13)6-12(17)19-2/h3-5,7H,6H2,1-2H3,(H,15,16). The Morgan fingerprint density at radius 3 is 2.95 bits per heavy atom. The minimum Gasteiger partial charge on any atom is -0.495 e. The van der Waals surface area contributed by atoms with Gasteiger partial charge in [0.2, 0.25) is 0 Å². The third-order valence-electron chi connectivity index (χ3n) is 2.51. The zero-order valence-electron chi connectivity index (χ0n) is 11.0. The molecule has 106 valence electrons. The monoisotopic (exact) mass is 312 g/mol. The Labute approximate surface area is 125 Å². The van der Waals surface area contributed by atoms with Crippen molar-refractivity contribution >= 4 is 39.7 Å². The van der Waals surface area contributed by atoms with Crippen LogP contribution in [0.1, 0.15) is 5.69 Å². The number of ether oxygens (including phenoxy) is 2. The number of benzene rings is 1. The minimum atomic E-state index is -0.317. The third-order valence-corrected chi connectivity index (χ3v) is 3.55. The number of aromatic nitrogens is 1. The Kier molecular flexibility index (Phi) is 4.81. The van der Waals surface area contributed by atoms with Crippen LogP contribution in [-0.2, 0) is 16.0 Å². The highest BCUT2D eigenvalue weighted by Crippen LogP contribution is 2.31. The van der Waals surface area contributed by atoms with E-state index in [9.17, 15) is 4.79 Å². The van der Waals surface area contributed by atoms with Gasteiger partial charge < -0.3 is 14.8 Å². The Bertz CT molecular complexity index is 615. The van der Waals surface area contributed by atoms with E-state index in [1.54, 1.807) is 30.7 Å². The molecule has 1 N–H and O–H groups in total. The summed E-state index contributed by atoms with van der Waals surface area (Å²) in [7, 11) is 2.93. The summed E-state index contributed by atoms with van der Waals surface area (Å²) in [4.78, 5) is 15.5. The van der Waals surface area contributed by atoms with E-state index in [1.165, 1.54) is 18.4 Å². The first kappa shape index (κ1) is 14.6. The molecule has 1 aromatic heterocycles. The number of esters is 1. The van der Waals surface area contributed by atoms with E-state index in [1.807, 2.05) is 0 Å². The number of hydrogen-bond donors (Lipinski definition) is 1. The molecule has 2 rings (SSSR count). The number of halogens is 1. The molecule has 1 heterocycles. The molecule has 0 bridgehead atoms. The van der Waals surface area contributed by atoms with E-state index >= 15 is 0 Å². The fraction of sp³-hybridized carbons (Fsp3) is 0.231. The summed E-state index contributed by atoms with van der Waals surface area (Å²) in [5.74, 6) is 0.348. The molecule has 0 atom stereocenters. The zero-order chi connectivity index (χ0) is 14.5. The van der Waals surface area contributed by atoms with Crippen molar-refractivity contribution in [2.24, 2.45) is 0 Å². The first-order valence-corrected chi connectivity index (χ1v) is 7.00. The molecule has 2 aromatic rings. The maximum Gasteiger partial charge on any atom is 0.311 e. The van der Waals surface area contributed by atoms with E-state index in [4.69, 9.17) is 16.3 Å². The molecule has 0 aliphatic carbocycles. The van der Waals surface area contributed by atoms with Crippen molar-refractivity contribution in [3.05, 3.63) is 34.3 Å². The van der Waals surface area contributed by atoms with Crippen LogP contribution in [0.2, 0.25) is 5.02 Å². The molecule has 7 heteroatoms. The van der Waals surface area contributed by atoms with Gasteiger partial charge in [0.25, 0.3) is 0 Å². The third kappa shape index (κ3) is 3.61. The molecule has 0 radical (unpaired) electrons. The van der Waals surface area contributed by atoms with Gasteiger partial charge in [-0.2, -0.15) is 0 Å². The molecule has 0 amide bonds. The summed E-state index contributed by atoms with van der Waals surface area (Å²) in [5, 5.41) is 6.18. The summed E-state index contributed by atoms with van der Waals surface area (Å²) in [5.41, 5.74) is 1.38. The largest absolute Gasteiger partial charge is 0.495 e. The van der Waals surface area contributed by atoms with Crippen molar-refractivity contribution < 1.29 is 14.3 Å². The van der Waals surface area contributed by atoms with Crippen LogP contribution in [0.4, 0.5) is 10.8 Å². The second-order valence-electron chi connectivity index (χ2n) is 3.87. The Morgan fingerprint density at radius 1 is 1.45 bits per heavy atom. The van der Waals surface area contributed by atoms with E-state index < -0.39 is 0 Å². The zero-order valence-corrected chi connectivity index (χ0v) is 12.5. The van der Waals surface area contributed by atoms with Crippen LogP contribution in [0.3, 0.4) is 0 Å². The molecule has 0 fully saturated rings. The number of methoxy groups -OCH3 is 2. The fourth-order valence-electron chi connectivity index (χ4n) is 1.56. The van der Waals surface area contributed by atoms with Crippen molar-refractivity contribution in [2.75, 3.05) is 19.5 Å². The lowest BCUT2D eigenvalue weighted by Gasteiger charge is -2.09. The van der Waals surface area contributed by atoms with E-state index in [2.05, 4.69) is 15.0 Å². The lowest BCUT2D eigenvalue weighted by molar-refractivity contribution is -0.139. The maximum atomic E-state index is 11.2. The van der Waals surface area contributed by atoms with Gasteiger partial charge in [-0.3, -0.25) is 4.79 Å². The van der Waals surface area contributed by atoms with Crippen LogP contribution in [0.25, 0.3) is 0 Å². The molecular weight excluding hydrogens is 300 g/mol. The van der Waals surface area contributed by atoms with Crippen LogP contribution in [0.5, 0.6) is 5.75 Å². The number of carbonyl (C=O) groups excluding carboxylic acids is 1. The number of carbonyl (C=O) groups is 1. The number of rotatable bonds is 5. The van der Waals surface area contributed by atoms with Gasteiger partial charge in [0.15, 0.2) is 5.13 Å². The summed E-state index contributed by atoms with van der Waals surface area (Å²) in [6.07, 6.45) is 0.154. The normalized spacial score (nSPS) is 10.2. The highest BCUT2D eigenvalue weighted by Gasteiger charge is 2.10. The number of thiazole rings is 1. The van der Waals surface area contributed by atoms with Crippen molar-refractivity contribution in [3.8, 4) is 5.75 Å². The summed E-state index contributed by atoms with van der Waals surface area (Å²) >= 11 is 7.35. The molecule has 1 aromatic carbocycles. The van der Waals surface area contributed by atoms with Crippen LogP contribution in [-0.4, -0.2) is 25.2 Å². The average molecular weight is 313 g/mol. The molecule has 5 nitrogen and oxygen atoms in total.